The van der Waals surface area contributed by atoms with E-state index in [0.29, 0.717) is 32.5 Å². The molecule has 3 aromatic rings. The standard InChI is InChI=1S/C17H11Cl2FN4S/c18-14-2-1-3-15(19)13(14)10-25-17-23-22-16(8-9-21)24(17)12-6-4-11(20)5-7-12/h1-7H,8,10H2. The lowest BCUT2D eigenvalue weighted by atomic mass is 10.2. The minimum absolute atomic E-state index is 0.0950. The zero-order valence-electron chi connectivity index (χ0n) is 12.8. The molecule has 3 rings (SSSR count). The number of hydrogen-bond acceptors (Lipinski definition) is 4. The van der Waals surface area contributed by atoms with Crippen molar-refractivity contribution in [3.63, 3.8) is 0 Å². The van der Waals surface area contributed by atoms with Crippen molar-refractivity contribution in [2.75, 3.05) is 0 Å². The molecule has 8 heteroatoms. The number of nitrogens with zero attached hydrogens (tertiary/aromatic N) is 4. The maximum absolute atomic E-state index is 13.2. The van der Waals surface area contributed by atoms with Gasteiger partial charge in [-0.1, -0.05) is 41.0 Å². The fourth-order valence-corrected chi connectivity index (χ4v) is 3.95. The Bertz CT molecular complexity index is 915. The quantitative estimate of drug-likeness (QED) is 0.568. The van der Waals surface area contributed by atoms with Crippen LogP contribution in [-0.2, 0) is 12.2 Å². The van der Waals surface area contributed by atoms with Gasteiger partial charge in [-0.2, -0.15) is 5.26 Å². The molecule has 0 aliphatic heterocycles. The van der Waals surface area contributed by atoms with E-state index < -0.39 is 0 Å². The highest BCUT2D eigenvalue weighted by molar-refractivity contribution is 7.98. The molecule has 2 aromatic carbocycles. The Balaban J connectivity index is 1.94. The molecule has 0 radical (unpaired) electrons. The van der Waals surface area contributed by atoms with E-state index in [9.17, 15) is 4.39 Å². The summed E-state index contributed by atoms with van der Waals surface area (Å²) >= 11 is 13.8. The van der Waals surface area contributed by atoms with E-state index in [1.54, 1.807) is 34.9 Å². The average molecular weight is 393 g/mol. The second-order valence-electron chi connectivity index (χ2n) is 5.03. The van der Waals surface area contributed by atoms with Crippen LogP contribution in [0.2, 0.25) is 10.0 Å². The van der Waals surface area contributed by atoms with Crippen molar-refractivity contribution in [2.24, 2.45) is 0 Å². The third-order valence-corrected chi connectivity index (χ3v) is 5.09. The summed E-state index contributed by atoms with van der Waals surface area (Å²) in [7, 11) is 0. The molecule has 0 N–H and O–H groups in total. The third kappa shape index (κ3) is 3.96. The number of aromatic nitrogens is 3. The number of hydrogen-bond donors (Lipinski definition) is 0. The Morgan fingerprint density at radius 1 is 1.08 bits per heavy atom. The molecule has 4 nitrogen and oxygen atoms in total. The SMILES string of the molecule is N#CCc1nnc(SCc2c(Cl)cccc2Cl)n1-c1ccc(F)cc1. The molecule has 0 atom stereocenters. The van der Waals surface area contributed by atoms with Crippen molar-refractivity contribution >= 4 is 35.0 Å². The second-order valence-corrected chi connectivity index (χ2v) is 6.79. The first kappa shape index (κ1) is 17.7. The van der Waals surface area contributed by atoms with Gasteiger partial charge in [0.1, 0.15) is 5.82 Å². The molecule has 0 saturated carbocycles. The fraction of sp³-hybridized carbons (Fsp3) is 0.118. The summed E-state index contributed by atoms with van der Waals surface area (Å²) < 4.78 is 14.9. The zero-order valence-corrected chi connectivity index (χ0v) is 15.1. The molecule has 0 unspecified atom stereocenters. The van der Waals surface area contributed by atoms with Gasteiger partial charge in [0, 0.05) is 21.5 Å². The highest BCUT2D eigenvalue weighted by Crippen LogP contribution is 2.32. The Hall–Kier alpha value is -2.07. The Morgan fingerprint density at radius 2 is 1.76 bits per heavy atom. The van der Waals surface area contributed by atoms with Crippen LogP contribution in [0.5, 0.6) is 0 Å². The van der Waals surface area contributed by atoms with E-state index in [-0.39, 0.29) is 12.2 Å². The largest absolute Gasteiger partial charge is 0.273 e. The number of thioether (sulfide) groups is 1. The van der Waals surface area contributed by atoms with E-state index in [4.69, 9.17) is 28.5 Å². The van der Waals surface area contributed by atoms with Crippen molar-refractivity contribution in [1.29, 1.82) is 5.26 Å². The maximum Gasteiger partial charge on any atom is 0.196 e. The summed E-state index contributed by atoms with van der Waals surface area (Å²) in [6, 6.07) is 13.3. The van der Waals surface area contributed by atoms with Crippen LogP contribution in [0.1, 0.15) is 11.4 Å². The summed E-state index contributed by atoms with van der Waals surface area (Å²) in [6.07, 6.45) is 0.0950. The van der Waals surface area contributed by atoms with Gasteiger partial charge >= 0.3 is 0 Å². The molecular weight excluding hydrogens is 382 g/mol. The summed E-state index contributed by atoms with van der Waals surface area (Å²) in [4.78, 5) is 0. The van der Waals surface area contributed by atoms with Gasteiger partial charge in [-0.25, -0.2) is 4.39 Å². The normalized spacial score (nSPS) is 10.6. The monoisotopic (exact) mass is 392 g/mol. The summed E-state index contributed by atoms with van der Waals surface area (Å²) in [5, 5.41) is 18.9. The summed E-state index contributed by atoms with van der Waals surface area (Å²) in [5.41, 5.74) is 1.48. The van der Waals surface area contributed by atoms with Crippen LogP contribution in [0.15, 0.2) is 47.6 Å². The number of nitriles is 1. The van der Waals surface area contributed by atoms with Gasteiger partial charge in [-0.3, -0.25) is 4.57 Å². The highest BCUT2D eigenvalue weighted by Gasteiger charge is 2.16. The van der Waals surface area contributed by atoms with Gasteiger partial charge in [0.15, 0.2) is 11.0 Å². The number of benzene rings is 2. The molecule has 25 heavy (non-hydrogen) atoms. The van der Waals surface area contributed by atoms with E-state index in [0.717, 1.165) is 5.56 Å². The van der Waals surface area contributed by atoms with Crippen LogP contribution >= 0.6 is 35.0 Å². The van der Waals surface area contributed by atoms with Crippen molar-refractivity contribution in [2.45, 2.75) is 17.3 Å². The second kappa shape index (κ2) is 7.87. The van der Waals surface area contributed by atoms with Crippen LogP contribution in [0.25, 0.3) is 5.69 Å². The zero-order chi connectivity index (χ0) is 17.8. The molecule has 0 aliphatic rings. The van der Waals surface area contributed by atoms with Crippen molar-refractivity contribution in [1.82, 2.24) is 14.8 Å². The van der Waals surface area contributed by atoms with Gasteiger partial charge in [-0.15, -0.1) is 10.2 Å². The van der Waals surface area contributed by atoms with Gasteiger partial charge in [0.25, 0.3) is 0 Å². The lowest BCUT2D eigenvalue weighted by Crippen LogP contribution is -2.02. The van der Waals surface area contributed by atoms with Gasteiger partial charge in [-0.05, 0) is 42.0 Å². The van der Waals surface area contributed by atoms with E-state index >= 15 is 0 Å². The topological polar surface area (TPSA) is 54.5 Å². The molecular formula is C17H11Cl2FN4S. The van der Waals surface area contributed by atoms with Crippen LogP contribution in [0.3, 0.4) is 0 Å². The Labute approximate surface area is 158 Å². The van der Waals surface area contributed by atoms with Crippen LogP contribution in [-0.4, -0.2) is 14.8 Å². The van der Waals surface area contributed by atoms with Crippen molar-refractivity contribution in [3.05, 3.63) is 69.7 Å². The van der Waals surface area contributed by atoms with Crippen LogP contribution < -0.4 is 0 Å². The average Bonchev–Trinajstić information content (AvgIpc) is 2.98. The Kier molecular flexibility index (Phi) is 5.59. The van der Waals surface area contributed by atoms with Gasteiger partial charge in [0.05, 0.1) is 12.5 Å². The highest BCUT2D eigenvalue weighted by atomic mass is 35.5. The molecule has 0 saturated heterocycles. The van der Waals surface area contributed by atoms with Crippen molar-refractivity contribution < 1.29 is 4.39 Å². The maximum atomic E-state index is 13.2. The summed E-state index contributed by atoms with van der Waals surface area (Å²) in [6.45, 7) is 0. The lowest BCUT2D eigenvalue weighted by molar-refractivity contribution is 0.627. The molecule has 126 valence electrons. The smallest absolute Gasteiger partial charge is 0.196 e. The number of rotatable bonds is 5. The molecule has 1 aromatic heterocycles. The predicted molar refractivity (Wildman–Crippen MR) is 96.7 cm³/mol. The number of halogens is 3. The van der Waals surface area contributed by atoms with Crippen LogP contribution in [0.4, 0.5) is 4.39 Å². The molecule has 0 spiro atoms. The minimum atomic E-state index is -0.337. The first-order chi connectivity index (χ1) is 12.1. The van der Waals surface area contributed by atoms with Gasteiger partial charge < -0.3 is 0 Å². The summed E-state index contributed by atoms with van der Waals surface area (Å²) in [5.74, 6) is 0.641. The molecule has 0 bridgehead atoms. The van der Waals surface area contributed by atoms with Crippen molar-refractivity contribution in [3.8, 4) is 11.8 Å². The first-order valence-corrected chi connectivity index (χ1v) is 8.97. The first-order valence-electron chi connectivity index (χ1n) is 7.23. The minimum Gasteiger partial charge on any atom is -0.273 e. The lowest BCUT2D eigenvalue weighted by Gasteiger charge is -2.10. The third-order valence-electron chi connectivity index (χ3n) is 3.43. The van der Waals surface area contributed by atoms with Crippen LogP contribution in [0, 0.1) is 17.1 Å². The molecule has 0 fully saturated rings. The fourth-order valence-electron chi connectivity index (χ4n) is 2.24. The molecule has 1 heterocycles. The predicted octanol–water partition coefficient (Wildman–Crippen LogP) is 5.07. The van der Waals surface area contributed by atoms with Gasteiger partial charge in [0.2, 0.25) is 0 Å². The van der Waals surface area contributed by atoms with E-state index in [2.05, 4.69) is 16.3 Å². The molecule has 0 aliphatic carbocycles. The Morgan fingerprint density at radius 3 is 2.40 bits per heavy atom. The molecule has 0 amide bonds. The van der Waals surface area contributed by atoms with E-state index in [1.165, 1.54) is 23.9 Å². The van der Waals surface area contributed by atoms with E-state index in [1.807, 2.05) is 0 Å².